The van der Waals surface area contributed by atoms with Crippen molar-refractivity contribution in [2.75, 3.05) is 13.3 Å². The fourth-order valence-electron chi connectivity index (χ4n) is 4.84. The van der Waals surface area contributed by atoms with Crippen molar-refractivity contribution in [3.8, 4) is 11.5 Å². The maximum atomic E-state index is 10.6. The maximum absolute atomic E-state index is 10.6. The van der Waals surface area contributed by atoms with Gasteiger partial charge in [-0.3, -0.25) is 4.90 Å². The van der Waals surface area contributed by atoms with Gasteiger partial charge in [-0.05, 0) is 48.6 Å². The van der Waals surface area contributed by atoms with Crippen molar-refractivity contribution in [3.63, 3.8) is 0 Å². The smallest absolute Gasteiger partial charge is 0.231 e. The highest BCUT2D eigenvalue weighted by Gasteiger charge is 2.52. The number of aliphatic hydroxyl groups excluding tert-OH is 2. The molecular formula is C16H19NO4. The van der Waals surface area contributed by atoms with Crippen molar-refractivity contribution in [1.82, 2.24) is 4.90 Å². The van der Waals surface area contributed by atoms with Crippen LogP contribution < -0.4 is 9.47 Å². The van der Waals surface area contributed by atoms with E-state index in [9.17, 15) is 10.2 Å². The molecule has 1 aromatic rings. The van der Waals surface area contributed by atoms with Gasteiger partial charge in [-0.1, -0.05) is 0 Å². The van der Waals surface area contributed by atoms with Crippen molar-refractivity contribution >= 4 is 0 Å². The average molecular weight is 289 g/mol. The molecule has 1 saturated carbocycles. The summed E-state index contributed by atoms with van der Waals surface area (Å²) in [6, 6.07) is 4.43. The van der Waals surface area contributed by atoms with Gasteiger partial charge < -0.3 is 19.7 Å². The van der Waals surface area contributed by atoms with Crippen LogP contribution in [0.4, 0.5) is 0 Å². The Balaban J connectivity index is 1.66. The Hall–Kier alpha value is -1.30. The first-order chi connectivity index (χ1) is 10.2. The van der Waals surface area contributed by atoms with Crippen LogP contribution in [0.1, 0.15) is 29.9 Å². The standard InChI is InChI=1S/C16H19NO4/c18-11-3-8-1-2-17-6-9-4-12-13(21-7-20-12)5-10(9)14(15(8)17)16(11)19/h4-5,8,11,14-16,18-19H,1-3,6-7H2/t8?,11?,14-,15?,16?/m0/s1. The molecule has 0 bridgehead atoms. The molecular weight excluding hydrogens is 270 g/mol. The van der Waals surface area contributed by atoms with Gasteiger partial charge in [0.05, 0.1) is 12.2 Å². The van der Waals surface area contributed by atoms with Crippen LogP contribution >= 0.6 is 0 Å². The van der Waals surface area contributed by atoms with E-state index in [-0.39, 0.29) is 12.7 Å². The minimum absolute atomic E-state index is 0.0144. The summed E-state index contributed by atoms with van der Waals surface area (Å²) >= 11 is 0. The fraction of sp³-hybridized carbons (Fsp3) is 0.625. The Labute approximate surface area is 123 Å². The maximum Gasteiger partial charge on any atom is 0.231 e. The lowest BCUT2D eigenvalue weighted by Crippen LogP contribution is -2.53. The molecule has 5 heteroatoms. The predicted molar refractivity (Wildman–Crippen MR) is 74.2 cm³/mol. The van der Waals surface area contributed by atoms with Gasteiger partial charge in [0, 0.05) is 18.5 Å². The molecule has 21 heavy (non-hydrogen) atoms. The third-order valence-corrected chi connectivity index (χ3v) is 5.73. The zero-order valence-electron chi connectivity index (χ0n) is 11.7. The van der Waals surface area contributed by atoms with Crippen LogP contribution in [0.5, 0.6) is 11.5 Å². The molecule has 1 aliphatic carbocycles. The normalized spacial score (nSPS) is 40.0. The molecule has 2 fully saturated rings. The Morgan fingerprint density at radius 3 is 2.81 bits per heavy atom. The number of nitrogens with zero attached hydrogens (tertiary/aromatic N) is 1. The lowest BCUT2D eigenvalue weighted by atomic mass is 9.68. The van der Waals surface area contributed by atoms with E-state index >= 15 is 0 Å². The summed E-state index contributed by atoms with van der Waals surface area (Å²) in [5, 5.41) is 20.8. The van der Waals surface area contributed by atoms with Gasteiger partial charge in [0.2, 0.25) is 6.79 Å². The van der Waals surface area contributed by atoms with Crippen molar-refractivity contribution in [3.05, 3.63) is 23.3 Å². The van der Waals surface area contributed by atoms with Crippen LogP contribution in [-0.2, 0) is 6.54 Å². The summed E-state index contributed by atoms with van der Waals surface area (Å²) < 4.78 is 11.0. The van der Waals surface area contributed by atoms with E-state index in [0.29, 0.717) is 12.0 Å². The van der Waals surface area contributed by atoms with E-state index in [1.165, 1.54) is 5.56 Å². The molecule has 2 N–H and O–H groups in total. The van der Waals surface area contributed by atoms with Crippen LogP contribution in [0.2, 0.25) is 0 Å². The first-order valence-electron chi connectivity index (χ1n) is 7.75. The largest absolute Gasteiger partial charge is 0.454 e. The van der Waals surface area contributed by atoms with Crippen LogP contribution in [0.25, 0.3) is 0 Å². The summed E-state index contributed by atoms with van der Waals surface area (Å²) in [5.74, 6) is 2.05. The van der Waals surface area contributed by atoms with Crippen molar-refractivity contribution in [1.29, 1.82) is 0 Å². The molecule has 5 rings (SSSR count). The molecule has 3 heterocycles. The van der Waals surface area contributed by atoms with Crippen molar-refractivity contribution < 1.29 is 19.7 Å². The third kappa shape index (κ3) is 1.57. The highest BCUT2D eigenvalue weighted by Crippen LogP contribution is 2.51. The van der Waals surface area contributed by atoms with Gasteiger partial charge in [-0.25, -0.2) is 0 Å². The number of aliphatic hydroxyl groups is 2. The van der Waals surface area contributed by atoms with Crippen LogP contribution in [-0.4, -0.2) is 46.7 Å². The molecule has 1 saturated heterocycles. The monoisotopic (exact) mass is 289 g/mol. The summed E-state index contributed by atoms with van der Waals surface area (Å²) in [6.45, 7) is 2.23. The molecule has 0 aromatic heterocycles. The van der Waals surface area contributed by atoms with Gasteiger partial charge >= 0.3 is 0 Å². The molecule has 4 aliphatic rings. The Morgan fingerprint density at radius 1 is 1.14 bits per heavy atom. The summed E-state index contributed by atoms with van der Waals surface area (Å²) in [5.41, 5.74) is 2.34. The second-order valence-electron chi connectivity index (χ2n) is 6.73. The van der Waals surface area contributed by atoms with Crippen LogP contribution in [0.15, 0.2) is 12.1 Å². The Kier molecular flexibility index (Phi) is 2.41. The summed E-state index contributed by atoms with van der Waals surface area (Å²) in [7, 11) is 0. The van der Waals surface area contributed by atoms with Gasteiger partial charge in [0.25, 0.3) is 0 Å². The lowest BCUT2D eigenvalue weighted by molar-refractivity contribution is -0.0657. The molecule has 3 aliphatic heterocycles. The lowest BCUT2D eigenvalue weighted by Gasteiger charge is -2.47. The minimum Gasteiger partial charge on any atom is -0.454 e. The average Bonchev–Trinajstić information content (AvgIpc) is 3.08. The van der Waals surface area contributed by atoms with E-state index in [0.717, 1.165) is 43.0 Å². The second-order valence-corrected chi connectivity index (χ2v) is 6.73. The Bertz CT molecular complexity index is 604. The van der Waals surface area contributed by atoms with Crippen molar-refractivity contribution in [2.45, 2.75) is 43.6 Å². The topological polar surface area (TPSA) is 62.2 Å². The number of hydrogen-bond donors (Lipinski definition) is 2. The molecule has 5 nitrogen and oxygen atoms in total. The number of ether oxygens (including phenoxy) is 2. The zero-order valence-corrected chi connectivity index (χ0v) is 11.7. The summed E-state index contributed by atoms with van der Waals surface area (Å²) in [6.07, 6.45) is 0.531. The quantitative estimate of drug-likeness (QED) is 0.741. The molecule has 112 valence electrons. The molecule has 1 aromatic carbocycles. The van der Waals surface area contributed by atoms with E-state index in [1.54, 1.807) is 0 Å². The van der Waals surface area contributed by atoms with E-state index in [1.807, 2.05) is 6.07 Å². The van der Waals surface area contributed by atoms with Crippen LogP contribution in [0.3, 0.4) is 0 Å². The van der Waals surface area contributed by atoms with Gasteiger partial charge in [-0.15, -0.1) is 0 Å². The second kappa shape index (κ2) is 4.12. The number of hydrogen-bond acceptors (Lipinski definition) is 5. The molecule has 4 unspecified atom stereocenters. The highest BCUT2D eigenvalue weighted by atomic mass is 16.7. The van der Waals surface area contributed by atoms with Gasteiger partial charge in [0.1, 0.15) is 0 Å². The van der Waals surface area contributed by atoms with Crippen molar-refractivity contribution in [2.24, 2.45) is 5.92 Å². The number of rotatable bonds is 0. The molecule has 0 radical (unpaired) electrons. The molecule has 0 spiro atoms. The first kappa shape index (κ1) is 12.3. The zero-order chi connectivity index (χ0) is 14.1. The van der Waals surface area contributed by atoms with E-state index < -0.39 is 12.2 Å². The number of benzene rings is 1. The van der Waals surface area contributed by atoms with E-state index in [2.05, 4.69) is 11.0 Å². The Morgan fingerprint density at radius 2 is 1.95 bits per heavy atom. The summed E-state index contributed by atoms with van der Waals surface area (Å²) in [4.78, 5) is 2.47. The SMILES string of the molecule is OC1CC2CCN3Cc4cc5c(cc4[C@H](C1O)C23)OCO5. The van der Waals surface area contributed by atoms with Gasteiger partial charge in [0.15, 0.2) is 11.5 Å². The fourth-order valence-corrected chi connectivity index (χ4v) is 4.84. The van der Waals surface area contributed by atoms with E-state index in [4.69, 9.17) is 9.47 Å². The molecule has 5 atom stereocenters. The number of fused-ring (bicyclic) bond motifs is 3. The molecule has 0 amide bonds. The predicted octanol–water partition coefficient (Wildman–Crippen LogP) is 0.829. The van der Waals surface area contributed by atoms with Gasteiger partial charge in [-0.2, -0.15) is 0 Å². The minimum atomic E-state index is -0.689. The highest BCUT2D eigenvalue weighted by molar-refractivity contribution is 5.52. The first-order valence-corrected chi connectivity index (χ1v) is 7.75. The third-order valence-electron chi connectivity index (χ3n) is 5.73. The van der Waals surface area contributed by atoms with Crippen LogP contribution in [0, 0.1) is 5.92 Å².